The summed E-state index contributed by atoms with van der Waals surface area (Å²) in [6, 6.07) is 0. The molecule has 0 saturated heterocycles. The van der Waals surface area contributed by atoms with Gasteiger partial charge in [-0.05, 0) is 0 Å². The van der Waals surface area contributed by atoms with Crippen LogP contribution >= 0.6 is 0 Å². The molecule has 0 aliphatic rings. The van der Waals surface area contributed by atoms with Gasteiger partial charge in [0.25, 0.3) is 0 Å². The van der Waals surface area contributed by atoms with Gasteiger partial charge in [-0.1, -0.05) is 6.58 Å². The molecule has 0 aromatic heterocycles. The maximum atomic E-state index is 10.6. The fourth-order valence-electron chi connectivity index (χ4n) is 1.04. The van der Waals surface area contributed by atoms with Crippen LogP contribution in [0.4, 0.5) is 0 Å². The van der Waals surface area contributed by atoms with E-state index in [1.165, 1.54) is 0 Å². The first kappa shape index (κ1) is 15.0. The highest BCUT2D eigenvalue weighted by atomic mass is 16.4. The zero-order valence-corrected chi connectivity index (χ0v) is 8.65. The predicted molar refractivity (Wildman–Crippen MR) is 54.1 cm³/mol. The molecule has 7 N–H and O–H groups in total. The fraction of sp³-hybridized carbons (Fsp3) is 0.667. The molecule has 7 nitrogen and oxygen atoms in total. The largest absolute Gasteiger partial charge is 0.394 e. The van der Waals surface area contributed by atoms with E-state index in [2.05, 4.69) is 6.58 Å². The summed E-state index contributed by atoms with van der Waals surface area (Å²) < 4.78 is 0. The molecule has 0 aliphatic carbocycles. The van der Waals surface area contributed by atoms with Gasteiger partial charge in [-0.3, -0.25) is 4.79 Å². The van der Waals surface area contributed by atoms with Gasteiger partial charge in [0.15, 0.2) is 0 Å². The summed E-state index contributed by atoms with van der Waals surface area (Å²) in [5, 5.41) is 45.5. The van der Waals surface area contributed by atoms with E-state index in [1.54, 1.807) is 0 Å². The molecule has 94 valence electrons. The lowest BCUT2D eigenvalue weighted by molar-refractivity contribution is -0.119. The second-order valence-corrected chi connectivity index (χ2v) is 3.47. The molecule has 0 bridgehead atoms. The molecule has 0 saturated carbocycles. The van der Waals surface area contributed by atoms with Crippen molar-refractivity contribution in [2.45, 2.75) is 30.8 Å². The normalized spacial score (nSPS) is 18.6. The number of aliphatic hydroxyl groups excluding tert-OH is 5. The molecule has 0 heterocycles. The molecular formula is C9H17NO6. The number of amides is 1. The minimum Gasteiger partial charge on any atom is -0.394 e. The second kappa shape index (κ2) is 6.56. The van der Waals surface area contributed by atoms with Crippen LogP contribution in [0.25, 0.3) is 0 Å². The van der Waals surface area contributed by atoms with Crippen LogP contribution in [-0.2, 0) is 4.79 Å². The van der Waals surface area contributed by atoms with Gasteiger partial charge >= 0.3 is 0 Å². The van der Waals surface area contributed by atoms with Gasteiger partial charge in [-0.25, -0.2) is 0 Å². The van der Waals surface area contributed by atoms with E-state index >= 15 is 0 Å². The van der Waals surface area contributed by atoms with Crippen LogP contribution in [0.1, 0.15) is 6.42 Å². The van der Waals surface area contributed by atoms with Crippen LogP contribution in [0.2, 0.25) is 0 Å². The molecule has 0 spiro atoms. The van der Waals surface area contributed by atoms with Gasteiger partial charge in [0, 0.05) is 12.0 Å². The van der Waals surface area contributed by atoms with E-state index < -0.39 is 36.9 Å². The first-order valence-corrected chi connectivity index (χ1v) is 4.62. The fourth-order valence-corrected chi connectivity index (χ4v) is 1.04. The minimum absolute atomic E-state index is 0.114. The molecule has 0 aromatic rings. The van der Waals surface area contributed by atoms with E-state index in [4.69, 9.17) is 15.9 Å². The van der Waals surface area contributed by atoms with Crippen LogP contribution in [0, 0.1) is 0 Å². The van der Waals surface area contributed by atoms with Crippen molar-refractivity contribution in [2.75, 3.05) is 6.61 Å². The lowest BCUT2D eigenvalue weighted by Gasteiger charge is -2.25. The molecule has 4 unspecified atom stereocenters. The number of rotatable bonds is 7. The van der Waals surface area contributed by atoms with Gasteiger partial charge in [-0.15, -0.1) is 0 Å². The molecule has 1 amide bonds. The summed E-state index contributed by atoms with van der Waals surface area (Å²) in [7, 11) is 0. The topological polar surface area (TPSA) is 144 Å². The third-order valence-corrected chi connectivity index (χ3v) is 2.13. The highest BCUT2D eigenvalue weighted by Gasteiger charge is 2.30. The van der Waals surface area contributed by atoms with E-state index in [1.807, 2.05) is 0 Å². The Labute approximate surface area is 92.4 Å². The van der Waals surface area contributed by atoms with Crippen LogP contribution in [-0.4, -0.2) is 62.5 Å². The van der Waals surface area contributed by atoms with Gasteiger partial charge < -0.3 is 31.3 Å². The highest BCUT2D eigenvalue weighted by Crippen LogP contribution is 2.11. The molecule has 7 heteroatoms. The molecule has 0 rings (SSSR count). The Bertz CT molecular complexity index is 256. The van der Waals surface area contributed by atoms with Crippen molar-refractivity contribution in [2.24, 2.45) is 5.73 Å². The van der Waals surface area contributed by atoms with Crippen molar-refractivity contribution < 1.29 is 30.3 Å². The lowest BCUT2D eigenvalue weighted by Crippen LogP contribution is -2.46. The number of nitrogens with two attached hydrogens (primary N) is 1. The molecule has 0 fully saturated rings. The molecule has 0 aliphatic heterocycles. The number of hydrogen-bond donors (Lipinski definition) is 6. The SMILES string of the molecule is C=C(CC(O)C(O)C(O)C(O)CO)C(N)=O. The van der Waals surface area contributed by atoms with E-state index in [0.29, 0.717) is 0 Å². The first-order valence-electron chi connectivity index (χ1n) is 4.62. The zero-order chi connectivity index (χ0) is 12.9. The Balaban J connectivity index is 4.32. The summed E-state index contributed by atoms with van der Waals surface area (Å²) in [6.45, 7) is 2.50. The van der Waals surface area contributed by atoms with Gasteiger partial charge in [0.1, 0.15) is 18.3 Å². The average molecular weight is 235 g/mol. The monoisotopic (exact) mass is 235 g/mol. The quantitative estimate of drug-likeness (QED) is 0.257. The number of hydrogen-bond acceptors (Lipinski definition) is 6. The molecule has 4 atom stereocenters. The van der Waals surface area contributed by atoms with Crippen molar-refractivity contribution in [3.05, 3.63) is 12.2 Å². The Kier molecular flexibility index (Phi) is 6.16. The van der Waals surface area contributed by atoms with E-state index in [0.717, 1.165) is 0 Å². The standard InChI is InChI=1S/C9H17NO6/c1-4(9(10)16)2-5(12)7(14)8(15)6(13)3-11/h5-8,11-15H,1-3H2,(H2,10,16). The summed E-state index contributed by atoms with van der Waals surface area (Å²) in [5.74, 6) is -0.830. The molecule has 0 radical (unpaired) electrons. The maximum Gasteiger partial charge on any atom is 0.244 e. The Morgan fingerprint density at radius 2 is 1.56 bits per heavy atom. The zero-order valence-electron chi connectivity index (χ0n) is 8.65. The van der Waals surface area contributed by atoms with Crippen LogP contribution in [0.3, 0.4) is 0 Å². The smallest absolute Gasteiger partial charge is 0.244 e. The first-order chi connectivity index (χ1) is 7.31. The Hall–Kier alpha value is -0.990. The van der Waals surface area contributed by atoms with Crippen LogP contribution in [0.5, 0.6) is 0 Å². The summed E-state index contributed by atoms with van der Waals surface area (Å²) >= 11 is 0. The molecule has 16 heavy (non-hydrogen) atoms. The van der Waals surface area contributed by atoms with Crippen LogP contribution in [0.15, 0.2) is 12.2 Å². The van der Waals surface area contributed by atoms with E-state index in [-0.39, 0.29) is 12.0 Å². The third kappa shape index (κ3) is 4.25. The third-order valence-electron chi connectivity index (χ3n) is 2.13. The van der Waals surface area contributed by atoms with Gasteiger partial charge in [0.05, 0.1) is 12.7 Å². The Morgan fingerprint density at radius 3 is 1.94 bits per heavy atom. The number of aliphatic hydroxyl groups is 5. The average Bonchev–Trinajstić information content (AvgIpc) is 2.25. The number of carbonyl (C=O) groups excluding carboxylic acids is 1. The van der Waals surface area contributed by atoms with Crippen molar-refractivity contribution in [1.82, 2.24) is 0 Å². The number of primary amides is 1. The summed E-state index contributed by atoms with van der Waals surface area (Å²) in [4.78, 5) is 10.6. The van der Waals surface area contributed by atoms with E-state index in [9.17, 15) is 20.1 Å². The molecule has 0 aromatic carbocycles. The Morgan fingerprint density at radius 1 is 1.12 bits per heavy atom. The van der Waals surface area contributed by atoms with Crippen molar-refractivity contribution in [3.63, 3.8) is 0 Å². The highest BCUT2D eigenvalue weighted by molar-refractivity contribution is 5.91. The van der Waals surface area contributed by atoms with Crippen molar-refractivity contribution >= 4 is 5.91 Å². The summed E-state index contributed by atoms with van der Waals surface area (Å²) in [6.07, 6.45) is -6.84. The van der Waals surface area contributed by atoms with Gasteiger partial charge in [0.2, 0.25) is 5.91 Å². The minimum atomic E-state index is -1.72. The predicted octanol–water partition coefficient (Wildman–Crippen LogP) is -3.15. The lowest BCUT2D eigenvalue weighted by atomic mass is 9.98. The van der Waals surface area contributed by atoms with Crippen molar-refractivity contribution in [3.8, 4) is 0 Å². The molecular weight excluding hydrogens is 218 g/mol. The maximum absolute atomic E-state index is 10.6. The van der Waals surface area contributed by atoms with Crippen LogP contribution < -0.4 is 5.73 Å². The van der Waals surface area contributed by atoms with Gasteiger partial charge in [-0.2, -0.15) is 0 Å². The van der Waals surface area contributed by atoms with Crippen molar-refractivity contribution in [1.29, 1.82) is 0 Å². The summed E-state index contributed by atoms with van der Waals surface area (Å²) in [5.41, 5.74) is 4.75. The second-order valence-electron chi connectivity index (χ2n) is 3.47. The number of carbonyl (C=O) groups is 1.